The fourth-order valence-electron chi connectivity index (χ4n) is 2.62. The number of nitrogens with zero attached hydrogens (tertiary/aromatic N) is 2. The first kappa shape index (κ1) is 16.4. The summed E-state index contributed by atoms with van der Waals surface area (Å²) in [6.07, 6.45) is 7.53. The molecular formula is C15H26N4OS. The summed E-state index contributed by atoms with van der Waals surface area (Å²) in [6.45, 7) is 4.87. The summed E-state index contributed by atoms with van der Waals surface area (Å²) in [7, 11) is 0. The van der Waals surface area contributed by atoms with E-state index in [9.17, 15) is 4.79 Å². The largest absolute Gasteiger partial charge is 0.351 e. The van der Waals surface area contributed by atoms with Crippen LogP contribution in [0.4, 0.5) is 0 Å². The van der Waals surface area contributed by atoms with Crippen molar-refractivity contribution in [2.75, 3.05) is 26.2 Å². The molecule has 1 fully saturated rings. The van der Waals surface area contributed by atoms with E-state index in [2.05, 4.69) is 15.2 Å². The molecule has 0 radical (unpaired) electrons. The first-order valence-electron chi connectivity index (χ1n) is 7.94. The minimum Gasteiger partial charge on any atom is -0.351 e. The molecule has 1 saturated heterocycles. The zero-order chi connectivity index (χ0) is 14.9. The number of piperidine rings is 1. The Morgan fingerprint density at radius 2 is 2.10 bits per heavy atom. The van der Waals surface area contributed by atoms with Gasteiger partial charge >= 0.3 is 0 Å². The molecule has 0 bridgehead atoms. The molecule has 0 unspecified atom stereocenters. The van der Waals surface area contributed by atoms with Crippen LogP contribution in [-0.2, 0) is 6.54 Å². The normalized spacial score (nSPS) is 16.0. The number of carbonyl (C=O) groups is 1. The van der Waals surface area contributed by atoms with E-state index in [-0.39, 0.29) is 5.91 Å². The van der Waals surface area contributed by atoms with Gasteiger partial charge in [0, 0.05) is 18.5 Å². The van der Waals surface area contributed by atoms with E-state index in [1.54, 1.807) is 5.38 Å². The van der Waals surface area contributed by atoms with E-state index in [1.807, 2.05) is 0 Å². The molecule has 118 valence electrons. The van der Waals surface area contributed by atoms with Gasteiger partial charge in [0.05, 0.1) is 0 Å². The van der Waals surface area contributed by atoms with Crippen LogP contribution in [0.25, 0.3) is 0 Å². The lowest BCUT2D eigenvalue weighted by Gasteiger charge is -2.26. The van der Waals surface area contributed by atoms with Crippen LogP contribution in [0.2, 0.25) is 0 Å². The average Bonchev–Trinajstić information content (AvgIpc) is 3.00. The standard InChI is InChI=1S/C15H26N4OS/c16-11-14-18-13(12-21-14)15(20)17-7-3-1-4-8-19-9-5-2-6-10-19/h12H,1-11,16H2,(H,17,20). The zero-order valence-corrected chi connectivity index (χ0v) is 13.5. The van der Waals surface area contributed by atoms with Gasteiger partial charge in [-0.1, -0.05) is 12.8 Å². The third kappa shape index (κ3) is 5.73. The van der Waals surface area contributed by atoms with Gasteiger partial charge in [-0.15, -0.1) is 11.3 Å². The molecule has 2 heterocycles. The fourth-order valence-corrected chi connectivity index (χ4v) is 3.28. The molecule has 1 amide bonds. The second-order valence-corrected chi connectivity index (χ2v) is 6.49. The molecule has 5 nitrogen and oxygen atoms in total. The van der Waals surface area contributed by atoms with Crippen molar-refractivity contribution in [2.45, 2.75) is 45.1 Å². The highest BCUT2D eigenvalue weighted by Gasteiger charge is 2.10. The average molecular weight is 310 g/mol. The molecule has 0 saturated carbocycles. The first-order valence-corrected chi connectivity index (χ1v) is 8.82. The highest BCUT2D eigenvalue weighted by molar-refractivity contribution is 7.09. The van der Waals surface area contributed by atoms with Crippen LogP contribution >= 0.6 is 11.3 Å². The molecule has 1 aliphatic heterocycles. The van der Waals surface area contributed by atoms with E-state index in [0.29, 0.717) is 12.2 Å². The van der Waals surface area contributed by atoms with Gasteiger partial charge in [-0.25, -0.2) is 4.98 Å². The number of likely N-dealkylation sites (tertiary alicyclic amines) is 1. The Labute approximate surface area is 130 Å². The fraction of sp³-hybridized carbons (Fsp3) is 0.733. The molecule has 21 heavy (non-hydrogen) atoms. The molecule has 0 spiro atoms. The highest BCUT2D eigenvalue weighted by Crippen LogP contribution is 2.10. The van der Waals surface area contributed by atoms with Crippen molar-refractivity contribution in [1.82, 2.24) is 15.2 Å². The van der Waals surface area contributed by atoms with Gasteiger partial charge in [-0.3, -0.25) is 4.79 Å². The number of carbonyl (C=O) groups excluding carboxylic acids is 1. The smallest absolute Gasteiger partial charge is 0.270 e. The minimum atomic E-state index is -0.0815. The van der Waals surface area contributed by atoms with Crippen molar-refractivity contribution in [1.29, 1.82) is 0 Å². The Kier molecular flexibility index (Phi) is 7.12. The summed E-state index contributed by atoms with van der Waals surface area (Å²) >= 11 is 1.44. The molecule has 0 atom stereocenters. The maximum Gasteiger partial charge on any atom is 0.270 e. The number of rotatable bonds is 8. The van der Waals surface area contributed by atoms with Crippen molar-refractivity contribution in [3.63, 3.8) is 0 Å². The monoisotopic (exact) mass is 310 g/mol. The number of nitrogens with two attached hydrogens (primary N) is 1. The van der Waals surface area contributed by atoms with Crippen LogP contribution in [0.1, 0.15) is 54.0 Å². The van der Waals surface area contributed by atoms with Gasteiger partial charge in [0.1, 0.15) is 10.7 Å². The number of aromatic nitrogens is 1. The summed E-state index contributed by atoms with van der Waals surface area (Å²) < 4.78 is 0. The topological polar surface area (TPSA) is 71.2 Å². The number of amides is 1. The summed E-state index contributed by atoms with van der Waals surface area (Å²) in [6, 6.07) is 0. The van der Waals surface area contributed by atoms with Crippen LogP contribution in [0.5, 0.6) is 0 Å². The first-order chi connectivity index (χ1) is 10.3. The predicted molar refractivity (Wildman–Crippen MR) is 86.5 cm³/mol. The van der Waals surface area contributed by atoms with E-state index in [4.69, 9.17) is 5.73 Å². The molecule has 1 aromatic heterocycles. The van der Waals surface area contributed by atoms with Crippen molar-refractivity contribution >= 4 is 17.2 Å². The van der Waals surface area contributed by atoms with Gasteiger partial charge in [0.25, 0.3) is 5.91 Å². The van der Waals surface area contributed by atoms with Crippen LogP contribution in [0.3, 0.4) is 0 Å². The summed E-state index contributed by atoms with van der Waals surface area (Å²) in [5.74, 6) is -0.0815. The van der Waals surface area contributed by atoms with Gasteiger partial charge in [-0.2, -0.15) is 0 Å². The summed E-state index contributed by atoms with van der Waals surface area (Å²) in [5.41, 5.74) is 5.99. The number of hydrogen-bond acceptors (Lipinski definition) is 5. The number of nitrogens with one attached hydrogen (secondary N) is 1. The van der Waals surface area contributed by atoms with E-state index < -0.39 is 0 Å². The van der Waals surface area contributed by atoms with Crippen molar-refractivity contribution in [3.05, 3.63) is 16.1 Å². The lowest BCUT2D eigenvalue weighted by Crippen LogP contribution is -2.30. The Morgan fingerprint density at radius 3 is 2.81 bits per heavy atom. The Balaban J connectivity index is 1.52. The quantitative estimate of drug-likeness (QED) is 0.720. The third-order valence-corrected chi connectivity index (χ3v) is 4.72. The number of unbranched alkanes of at least 4 members (excludes halogenated alkanes) is 2. The Morgan fingerprint density at radius 1 is 1.29 bits per heavy atom. The van der Waals surface area contributed by atoms with Crippen LogP contribution in [0.15, 0.2) is 5.38 Å². The SMILES string of the molecule is NCc1nc(C(=O)NCCCCCN2CCCCC2)cs1. The predicted octanol–water partition coefficient (Wildman–Crippen LogP) is 1.99. The molecule has 3 N–H and O–H groups in total. The molecule has 1 aromatic rings. The van der Waals surface area contributed by atoms with Crippen molar-refractivity contribution in [3.8, 4) is 0 Å². The van der Waals surface area contributed by atoms with E-state index >= 15 is 0 Å². The van der Waals surface area contributed by atoms with Crippen LogP contribution in [-0.4, -0.2) is 42.0 Å². The number of hydrogen-bond donors (Lipinski definition) is 2. The molecule has 6 heteroatoms. The minimum absolute atomic E-state index is 0.0815. The van der Waals surface area contributed by atoms with Crippen LogP contribution < -0.4 is 11.1 Å². The van der Waals surface area contributed by atoms with Gasteiger partial charge < -0.3 is 16.0 Å². The summed E-state index contributed by atoms with van der Waals surface area (Å²) in [5, 5.41) is 5.50. The molecule has 0 aliphatic carbocycles. The Bertz CT molecular complexity index is 429. The second-order valence-electron chi connectivity index (χ2n) is 5.55. The van der Waals surface area contributed by atoms with E-state index in [0.717, 1.165) is 18.0 Å². The highest BCUT2D eigenvalue weighted by atomic mass is 32.1. The maximum atomic E-state index is 11.8. The molecule has 1 aliphatic rings. The Hall–Kier alpha value is -0.980. The van der Waals surface area contributed by atoms with Gasteiger partial charge in [-0.05, 0) is 45.3 Å². The van der Waals surface area contributed by atoms with Crippen molar-refractivity contribution < 1.29 is 4.79 Å². The summed E-state index contributed by atoms with van der Waals surface area (Å²) in [4.78, 5) is 18.6. The lowest BCUT2D eigenvalue weighted by atomic mass is 10.1. The zero-order valence-electron chi connectivity index (χ0n) is 12.6. The van der Waals surface area contributed by atoms with Crippen molar-refractivity contribution in [2.24, 2.45) is 5.73 Å². The number of thiazole rings is 1. The van der Waals surface area contributed by atoms with Crippen LogP contribution in [0, 0.1) is 0 Å². The molecule has 0 aromatic carbocycles. The maximum absolute atomic E-state index is 11.8. The van der Waals surface area contributed by atoms with Gasteiger partial charge in [0.2, 0.25) is 0 Å². The third-order valence-electron chi connectivity index (χ3n) is 3.84. The molecule has 2 rings (SSSR count). The lowest BCUT2D eigenvalue weighted by molar-refractivity contribution is 0.0948. The molecular weight excluding hydrogens is 284 g/mol. The van der Waals surface area contributed by atoms with Gasteiger partial charge in [0.15, 0.2) is 0 Å². The second kappa shape index (κ2) is 9.12. The van der Waals surface area contributed by atoms with E-state index in [1.165, 1.54) is 63.1 Å².